The Bertz CT molecular complexity index is 1450. The molecule has 0 saturated carbocycles. The molecule has 2 aliphatic rings. The number of carbonyl (C=O) groups excluding carboxylic acids is 2. The van der Waals surface area contributed by atoms with Gasteiger partial charge in [-0.05, 0) is 48.0 Å². The Morgan fingerprint density at radius 2 is 1.59 bits per heavy atom. The highest BCUT2D eigenvalue weighted by atomic mass is 35.5. The number of carbonyl (C=O) groups is 2. The molecule has 1 amide bonds. The molecule has 3 aromatic carbocycles. The lowest BCUT2D eigenvalue weighted by Crippen LogP contribution is -2.29. The second-order valence-corrected chi connectivity index (χ2v) is 8.60. The Hall–Kier alpha value is -4.37. The lowest BCUT2D eigenvalue weighted by Gasteiger charge is -2.26. The van der Waals surface area contributed by atoms with Gasteiger partial charge in [0, 0.05) is 16.8 Å². The molecule has 190 valence electrons. The van der Waals surface area contributed by atoms with Crippen molar-refractivity contribution in [1.29, 1.82) is 0 Å². The standard InChI is InChI=1S/C27H22ClNO8/c1-33-18-8-5-15(28)11-17(18)25(30)23-24(14-4-7-19(34-2)21(10-14)35-3)29(27(32)26(23)31)16-6-9-20-22(12-16)37-13-36-20/h4-12,24,30H,13H2,1-3H3/b25-23+. The first kappa shape index (κ1) is 24.3. The van der Waals surface area contributed by atoms with E-state index in [1.807, 2.05) is 0 Å². The van der Waals surface area contributed by atoms with Crippen molar-refractivity contribution in [3.8, 4) is 28.7 Å². The van der Waals surface area contributed by atoms with Gasteiger partial charge in [0.25, 0.3) is 11.7 Å². The van der Waals surface area contributed by atoms with Crippen molar-refractivity contribution in [2.75, 3.05) is 33.0 Å². The molecule has 1 saturated heterocycles. The third-order valence-corrected chi connectivity index (χ3v) is 6.45. The third kappa shape index (κ3) is 4.07. The summed E-state index contributed by atoms with van der Waals surface area (Å²) in [4.78, 5) is 28.3. The molecule has 1 atom stereocenters. The normalized spacial score (nSPS) is 17.7. The molecule has 9 nitrogen and oxygen atoms in total. The van der Waals surface area contributed by atoms with Gasteiger partial charge in [0.15, 0.2) is 23.0 Å². The third-order valence-electron chi connectivity index (χ3n) is 6.22. The number of anilines is 1. The number of nitrogens with zero attached hydrogens (tertiary/aromatic N) is 1. The highest BCUT2D eigenvalue weighted by molar-refractivity contribution is 6.51. The Kier molecular flexibility index (Phi) is 6.31. The van der Waals surface area contributed by atoms with Crippen LogP contribution >= 0.6 is 11.6 Å². The van der Waals surface area contributed by atoms with E-state index in [1.54, 1.807) is 48.5 Å². The monoisotopic (exact) mass is 523 g/mol. The van der Waals surface area contributed by atoms with Gasteiger partial charge in [-0.2, -0.15) is 0 Å². The van der Waals surface area contributed by atoms with Gasteiger partial charge in [0.05, 0.1) is 38.5 Å². The molecular formula is C27H22ClNO8. The van der Waals surface area contributed by atoms with E-state index in [4.69, 9.17) is 35.3 Å². The smallest absolute Gasteiger partial charge is 0.300 e. The lowest BCUT2D eigenvalue weighted by molar-refractivity contribution is -0.132. The van der Waals surface area contributed by atoms with Crippen molar-refractivity contribution < 1.29 is 38.4 Å². The van der Waals surface area contributed by atoms with Crippen molar-refractivity contribution in [3.05, 3.63) is 76.3 Å². The fourth-order valence-corrected chi connectivity index (χ4v) is 4.65. The number of Topliss-reactive ketones (excluding diaryl/α,β-unsaturated/α-hetero) is 1. The molecule has 10 heteroatoms. The van der Waals surface area contributed by atoms with E-state index in [0.717, 1.165) is 0 Å². The van der Waals surface area contributed by atoms with Crippen LogP contribution in [0.3, 0.4) is 0 Å². The summed E-state index contributed by atoms with van der Waals surface area (Å²) >= 11 is 6.19. The average Bonchev–Trinajstić information content (AvgIpc) is 3.49. The quantitative estimate of drug-likeness (QED) is 0.281. The second kappa shape index (κ2) is 9.59. The minimum atomic E-state index is -1.02. The van der Waals surface area contributed by atoms with Crippen LogP contribution in [0.2, 0.25) is 5.02 Å². The van der Waals surface area contributed by atoms with Gasteiger partial charge in [0.2, 0.25) is 6.79 Å². The zero-order chi connectivity index (χ0) is 26.3. The minimum absolute atomic E-state index is 0.0469. The van der Waals surface area contributed by atoms with E-state index in [-0.39, 0.29) is 23.7 Å². The average molecular weight is 524 g/mol. The molecule has 5 rings (SSSR count). The Morgan fingerprint density at radius 3 is 2.32 bits per heavy atom. The summed E-state index contributed by atoms with van der Waals surface area (Å²) in [7, 11) is 4.41. The number of amides is 1. The summed E-state index contributed by atoms with van der Waals surface area (Å²) in [5.41, 5.74) is 0.903. The molecule has 2 heterocycles. The highest BCUT2D eigenvalue weighted by Gasteiger charge is 2.47. The summed E-state index contributed by atoms with van der Waals surface area (Å²) in [5.74, 6) is -0.0609. The maximum atomic E-state index is 13.5. The zero-order valence-electron chi connectivity index (χ0n) is 20.1. The van der Waals surface area contributed by atoms with Crippen LogP contribution in [0.25, 0.3) is 5.76 Å². The minimum Gasteiger partial charge on any atom is -0.507 e. The van der Waals surface area contributed by atoms with E-state index in [0.29, 0.717) is 39.3 Å². The fourth-order valence-electron chi connectivity index (χ4n) is 4.48. The van der Waals surface area contributed by atoms with Crippen molar-refractivity contribution in [2.24, 2.45) is 0 Å². The number of halogens is 1. The lowest BCUT2D eigenvalue weighted by atomic mass is 9.94. The molecule has 0 radical (unpaired) electrons. The maximum absolute atomic E-state index is 13.5. The summed E-state index contributed by atoms with van der Waals surface area (Å²) in [5, 5.41) is 11.8. The van der Waals surface area contributed by atoms with Crippen LogP contribution in [0.4, 0.5) is 5.69 Å². The van der Waals surface area contributed by atoms with Crippen LogP contribution in [0.15, 0.2) is 60.2 Å². The van der Waals surface area contributed by atoms with Gasteiger partial charge in [-0.3, -0.25) is 14.5 Å². The zero-order valence-corrected chi connectivity index (χ0v) is 20.9. The van der Waals surface area contributed by atoms with Gasteiger partial charge in [-0.1, -0.05) is 17.7 Å². The molecule has 0 aromatic heterocycles. The van der Waals surface area contributed by atoms with Gasteiger partial charge in [-0.15, -0.1) is 0 Å². The van der Waals surface area contributed by atoms with Crippen molar-refractivity contribution in [2.45, 2.75) is 6.04 Å². The number of aliphatic hydroxyl groups excluding tert-OH is 1. The number of rotatable bonds is 6. The van der Waals surface area contributed by atoms with Crippen LogP contribution in [-0.2, 0) is 9.59 Å². The number of fused-ring (bicyclic) bond motifs is 1. The van der Waals surface area contributed by atoms with Crippen LogP contribution in [0.1, 0.15) is 17.2 Å². The summed E-state index contributed by atoms with van der Waals surface area (Å²) < 4.78 is 27.1. The molecule has 37 heavy (non-hydrogen) atoms. The number of aliphatic hydroxyl groups is 1. The molecule has 0 bridgehead atoms. The predicted octanol–water partition coefficient (Wildman–Crippen LogP) is 4.72. The highest BCUT2D eigenvalue weighted by Crippen LogP contribution is 2.47. The number of ketones is 1. The van der Waals surface area contributed by atoms with E-state index in [9.17, 15) is 14.7 Å². The Labute approximate surface area is 217 Å². The van der Waals surface area contributed by atoms with Crippen molar-refractivity contribution >= 4 is 34.7 Å². The van der Waals surface area contributed by atoms with E-state index >= 15 is 0 Å². The summed E-state index contributed by atoms with van der Waals surface area (Å²) in [6.45, 7) is 0.0469. The van der Waals surface area contributed by atoms with Crippen LogP contribution in [-0.4, -0.2) is 44.9 Å². The molecule has 1 fully saturated rings. The van der Waals surface area contributed by atoms with E-state index in [2.05, 4.69) is 0 Å². The topological polar surface area (TPSA) is 104 Å². The Morgan fingerprint density at radius 1 is 0.892 bits per heavy atom. The van der Waals surface area contributed by atoms with Crippen molar-refractivity contribution in [1.82, 2.24) is 0 Å². The first-order valence-corrected chi connectivity index (χ1v) is 11.5. The van der Waals surface area contributed by atoms with E-state index < -0.39 is 23.5 Å². The first-order chi connectivity index (χ1) is 17.9. The first-order valence-electron chi connectivity index (χ1n) is 11.1. The number of hydrogen-bond donors (Lipinski definition) is 1. The maximum Gasteiger partial charge on any atom is 0.300 e. The van der Waals surface area contributed by atoms with Gasteiger partial charge in [0.1, 0.15) is 11.5 Å². The van der Waals surface area contributed by atoms with Gasteiger partial charge >= 0.3 is 0 Å². The van der Waals surface area contributed by atoms with Crippen LogP contribution < -0.4 is 28.6 Å². The molecular weight excluding hydrogens is 502 g/mol. The summed E-state index contributed by atoms with van der Waals surface area (Å²) in [6.07, 6.45) is 0. The molecule has 2 aliphatic heterocycles. The number of benzene rings is 3. The number of ether oxygens (including phenoxy) is 5. The van der Waals surface area contributed by atoms with Gasteiger partial charge in [-0.25, -0.2) is 0 Å². The van der Waals surface area contributed by atoms with Crippen LogP contribution in [0, 0.1) is 0 Å². The SMILES string of the molecule is COc1ccc(C2/C(=C(\O)c3cc(Cl)ccc3OC)C(=O)C(=O)N2c2ccc3c(c2)OCO3)cc1OC. The molecule has 0 spiro atoms. The molecule has 1 unspecified atom stereocenters. The Balaban J connectivity index is 1.76. The van der Waals surface area contributed by atoms with E-state index in [1.165, 1.54) is 32.3 Å². The van der Waals surface area contributed by atoms with Gasteiger partial charge < -0.3 is 28.8 Å². The predicted molar refractivity (Wildman–Crippen MR) is 135 cm³/mol. The molecule has 3 aromatic rings. The van der Waals surface area contributed by atoms with Crippen LogP contribution in [0.5, 0.6) is 28.7 Å². The second-order valence-electron chi connectivity index (χ2n) is 8.17. The fraction of sp³-hybridized carbons (Fsp3) is 0.185. The number of hydrogen-bond acceptors (Lipinski definition) is 8. The summed E-state index contributed by atoms with van der Waals surface area (Å²) in [6, 6.07) is 13.5. The molecule has 1 N–H and O–H groups in total. The molecule has 0 aliphatic carbocycles. The van der Waals surface area contributed by atoms with Crippen molar-refractivity contribution in [3.63, 3.8) is 0 Å². The largest absolute Gasteiger partial charge is 0.507 e. The number of methoxy groups -OCH3 is 3.